The van der Waals surface area contributed by atoms with Crippen molar-refractivity contribution in [3.8, 4) is 5.75 Å². The molecule has 0 aromatic heterocycles. The Bertz CT molecular complexity index is 376. The van der Waals surface area contributed by atoms with Crippen LogP contribution >= 0.6 is 0 Å². The molecule has 1 aromatic rings. The van der Waals surface area contributed by atoms with Crippen LogP contribution in [0.4, 0.5) is 4.39 Å². The predicted molar refractivity (Wildman–Crippen MR) is 65.8 cm³/mol. The third-order valence-electron chi connectivity index (χ3n) is 3.14. The number of nitrogens with zero attached hydrogens (tertiary/aromatic N) is 1. The van der Waals surface area contributed by atoms with Gasteiger partial charge in [-0.25, -0.2) is 4.39 Å². The van der Waals surface area contributed by atoms with E-state index in [1.54, 1.807) is 12.1 Å². The number of piperazine rings is 1. The molecule has 1 fully saturated rings. The molecule has 2 rings (SSSR count). The molecule has 2 N–H and O–H groups in total. The minimum absolute atomic E-state index is 0.0454. The van der Waals surface area contributed by atoms with Crippen LogP contribution in [0.5, 0.6) is 5.75 Å². The zero-order valence-electron chi connectivity index (χ0n) is 10.1. The van der Waals surface area contributed by atoms with Crippen LogP contribution < -0.4 is 5.32 Å². The number of phenolic OH excluding ortho intramolecular Hbond substituents is 1. The van der Waals surface area contributed by atoms with Crippen molar-refractivity contribution in [2.24, 2.45) is 0 Å². The molecule has 1 unspecified atom stereocenters. The highest BCUT2D eigenvalue weighted by Gasteiger charge is 2.13. The molecule has 1 atom stereocenters. The van der Waals surface area contributed by atoms with Gasteiger partial charge in [0.2, 0.25) is 0 Å². The van der Waals surface area contributed by atoms with Gasteiger partial charge >= 0.3 is 0 Å². The van der Waals surface area contributed by atoms with Crippen LogP contribution in [0.3, 0.4) is 0 Å². The van der Waals surface area contributed by atoms with Crippen molar-refractivity contribution in [1.29, 1.82) is 0 Å². The lowest BCUT2D eigenvalue weighted by molar-refractivity contribution is 0.233. The van der Waals surface area contributed by atoms with Crippen molar-refractivity contribution < 1.29 is 9.50 Å². The molecule has 0 amide bonds. The minimum Gasteiger partial charge on any atom is -0.508 e. The summed E-state index contributed by atoms with van der Waals surface area (Å²) >= 11 is 0. The summed E-state index contributed by atoms with van der Waals surface area (Å²) < 4.78 is 13.3. The molecule has 1 aliphatic rings. The maximum Gasteiger partial charge on any atom is 0.126 e. The molecule has 3 nitrogen and oxygen atoms in total. The van der Waals surface area contributed by atoms with Gasteiger partial charge in [0.05, 0.1) is 0 Å². The summed E-state index contributed by atoms with van der Waals surface area (Å²) in [6, 6.07) is 5.22. The fourth-order valence-electron chi connectivity index (χ4n) is 2.15. The first-order valence-electron chi connectivity index (χ1n) is 6.06. The van der Waals surface area contributed by atoms with Gasteiger partial charge in [-0.15, -0.1) is 0 Å². The van der Waals surface area contributed by atoms with Gasteiger partial charge in [-0.05, 0) is 24.6 Å². The van der Waals surface area contributed by atoms with Crippen LogP contribution in [0.25, 0.3) is 0 Å². The summed E-state index contributed by atoms with van der Waals surface area (Å²) in [5.41, 5.74) is 1.45. The number of phenols is 1. The highest BCUT2D eigenvalue weighted by molar-refractivity contribution is 5.37. The maximum absolute atomic E-state index is 13.3. The fraction of sp³-hybridized carbons (Fsp3) is 0.538. The quantitative estimate of drug-likeness (QED) is 0.843. The lowest BCUT2D eigenvalue weighted by atomic mass is 10.1. The van der Waals surface area contributed by atoms with Crippen LogP contribution in [-0.2, 0) is 6.54 Å². The second-order valence-electron chi connectivity index (χ2n) is 4.54. The zero-order valence-corrected chi connectivity index (χ0v) is 10.1. The molecule has 1 aromatic carbocycles. The average Bonchev–Trinajstić information content (AvgIpc) is 2.32. The molecule has 1 heterocycles. The molecule has 94 valence electrons. The number of aromatic hydroxyl groups is 1. The SMILES string of the molecule is CC(F)c1cc(CN2CCNCC2)ccc1O. The van der Waals surface area contributed by atoms with E-state index in [-0.39, 0.29) is 5.75 Å². The molecule has 0 radical (unpaired) electrons. The number of benzene rings is 1. The van der Waals surface area contributed by atoms with Gasteiger partial charge in [-0.3, -0.25) is 4.90 Å². The van der Waals surface area contributed by atoms with Crippen LogP contribution in [0.1, 0.15) is 24.2 Å². The van der Waals surface area contributed by atoms with Gasteiger partial charge in [0.25, 0.3) is 0 Å². The van der Waals surface area contributed by atoms with Crippen molar-refractivity contribution in [1.82, 2.24) is 10.2 Å². The Balaban J connectivity index is 2.07. The maximum atomic E-state index is 13.3. The Hall–Kier alpha value is -1.13. The summed E-state index contributed by atoms with van der Waals surface area (Å²) in [4.78, 5) is 2.33. The first kappa shape index (κ1) is 12.3. The van der Waals surface area contributed by atoms with E-state index in [2.05, 4.69) is 10.2 Å². The van der Waals surface area contributed by atoms with E-state index in [4.69, 9.17) is 0 Å². The van der Waals surface area contributed by atoms with Gasteiger partial charge < -0.3 is 10.4 Å². The van der Waals surface area contributed by atoms with Gasteiger partial charge in [0.15, 0.2) is 0 Å². The molecule has 1 saturated heterocycles. The number of hydrogen-bond donors (Lipinski definition) is 2. The van der Waals surface area contributed by atoms with Gasteiger partial charge in [0, 0.05) is 38.3 Å². The monoisotopic (exact) mass is 238 g/mol. The van der Waals surface area contributed by atoms with Crippen molar-refractivity contribution in [3.05, 3.63) is 29.3 Å². The smallest absolute Gasteiger partial charge is 0.126 e. The normalized spacial score (nSPS) is 19.2. The lowest BCUT2D eigenvalue weighted by Crippen LogP contribution is -2.42. The summed E-state index contributed by atoms with van der Waals surface area (Å²) in [5.74, 6) is 0.0454. The van der Waals surface area contributed by atoms with Crippen molar-refractivity contribution in [2.45, 2.75) is 19.6 Å². The molecule has 4 heteroatoms. The minimum atomic E-state index is -1.13. The Morgan fingerprint density at radius 3 is 2.76 bits per heavy atom. The number of hydrogen-bond acceptors (Lipinski definition) is 3. The van der Waals surface area contributed by atoms with E-state index in [9.17, 15) is 9.50 Å². The van der Waals surface area contributed by atoms with E-state index in [1.807, 2.05) is 6.07 Å². The topological polar surface area (TPSA) is 35.5 Å². The van der Waals surface area contributed by atoms with Crippen LogP contribution in [-0.4, -0.2) is 36.2 Å². The molecular weight excluding hydrogens is 219 g/mol. The van der Waals surface area contributed by atoms with Crippen LogP contribution in [0.15, 0.2) is 18.2 Å². The van der Waals surface area contributed by atoms with E-state index < -0.39 is 6.17 Å². The number of rotatable bonds is 3. The van der Waals surface area contributed by atoms with E-state index >= 15 is 0 Å². The Kier molecular flexibility index (Phi) is 3.97. The Morgan fingerprint density at radius 2 is 2.12 bits per heavy atom. The van der Waals surface area contributed by atoms with E-state index in [0.717, 1.165) is 38.3 Å². The average molecular weight is 238 g/mol. The summed E-state index contributed by atoms with van der Waals surface area (Å²) in [7, 11) is 0. The zero-order chi connectivity index (χ0) is 12.3. The summed E-state index contributed by atoms with van der Waals surface area (Å²) in [5, 5.41) is 12.8. The second kappa shape index (κ2) is 5.47. The number of halogens is 1. The molecule has 0 spiro atoms. The van der Waals surface area contributed by atoms with Gasteiger partial charge in [-0.1, -0.05) is 6.07 Å². The second-order valence-corrected chi connectivity index (χ2v) is 4.54. The predicted octanol–water partition coefficient (Wildman–Crippen LogP) is 1.83. The number of alkyl halides is 1. The highest BCUT2D eigenvalue weighted by Crippen LogP contribution is 2.27. The molecule has 17 heavy (non-hydrogen) atoms. The Morgan fingerprint density at radius 1 is 1.41 bits per heavy atom. The molecule has 1 aliphatic heterocycles. The Labute approximate surface area is 101 Å². The van der Waals surface area contributed by atoms with Crippen molar-refractivity contribution in [2.75, 3.05) is 26.2 Å². The van der Waals surface area contributed by atoms with Crippen LogP contribution in [0, 0.1) is 0 Å². The van der Waals surface area contributed by atoms with E-state index in [1.165, 1.54) is 6.92 Å². The fourth-order valence-corrected chi connectivity index (χ4v) is 2.15. The third kappa shape index (κ3) is 3.17. The van der Waals surface area contributed by atoms with Crippen molar-refractivity contribution in [3.63, 3.8) is 0 Å². The molecular formula is C13H19FN2O. The van der Waals surface area contributed by atoms with Gasteiger partial charge in [-0.2, -0.15) is 0 Å². The van der Waals surface area contributed by atoms with Crippen molar-refractivity contribution >= 4 is 0 Å². The highest BCUT2D eigenvalue weighted by atomic mass is 19.1. The molecule has 0 saturated carbocycles. The van der Waals surface area contributed by atoms with Gasteiger partial charge in [0.1, 0.15) is 11.9 Å². The standard InChI is InChI=1S/C13H19FN2O/c1-10(14)12-8-11(2-3-13(12)17)9-16-6-4-15-5-7-16/h2-3,8,10,15,17H,4-7,9H2,1H3. The first-order valence-corrected chi connectivity index (χ1v) is 6.06. The first-order chi connectivity index (χ1) is 8.16. The van der Waals surface area contributed by atoms with Crippen LogP contribution in [0.2, 0.25) is 0 Å². The molecule has 0 aliphatic carbocycles. The van der Waals surface area contributed by atoms with E-state index in [0.29, 0.717) is 5.56 Å². The lowest BCUT2D eigenvalue weighted by Gasteiger charge is -2.27. The summed E-state index contributed by atoms with van der Waals surface area (Å²) in [6.07, 6.45) is -1.13. The summed E-state index contributed by atoms with van der Waals surface area (Å²) in [6.45, 7) is 6.31. The number of nitrogens with one attached hydrogen (secondary N) is 1. The third-order valence-corrected chi connectivity index (χ3v) is 3.14. The molecule has 0 bridgehead atoms. The largest absolute Gasteiger partial charge is 0.508 e.